The number of hydrogen-bond donors (Lipinski definition) is 1. The van der Waals surface area contributed by atoms with Crippen LogP contribution in [-0.2, 0) is 6.18 Å². The maximum atomic E-state index is 13.9. The lowest BCUT2D eigenvalue weighted by Crippen LogP contribution is -2.26. The molecule has 0 spiro atoms. The molecule has 0 aliphatic heterocycles. The fraction of sp³-hybridized carbons (Fsp3) is 0.238. The first-order valence-corrected chi connectivity index (χ1v) is 8.91. The Morgan fingerprint density at radius 2 is 1.86 bits per heavy atom. The summed E-state index contributed by atoms with van der Waals surface area (Å²) in [7, 11) is 1.65. The average Bonchev–Trinajstić information content (AvgIpc) is 2.66. The van der Waals surface area contributed by atoms with Crippen LogP contribution in [-0.4, -0.2) is 29.4 Å². The van der Waals surface area contributed by atoms with Crippen molar-refractivity contribution in [3.63, 3.8) is 0 Å². The van der Waals surface area contributed by atoms with Crippen LogP contribution in [0.4, 0.5) is 29.1 Å². The first kappa shape index (κ1) is 20.6. The number of alkyl halides is 3. The minimum atomic E-state index is -4.88. The number of fused-ring (bicyclic) bond motifs is 1. The third-order valence-electron chi connectivity index (χ3n) is 4.72. The van der Waals surface area contributed by atoms with Gasteiger partial charge in [0.05, 0.1) is 11.3 Å². The summed E-state index contributed by atoms with van der Waals surface area (Å²) >= 11 is 0. The summed E-state index contributed by atoms with van der Waals surface area (Å²) in [6.45, 7) is 4.13. The Hall–Kier alpha value is -3.16. The summed E-state index contributed by atoms with van der Waals surface area (Å²) in [6, 6.07) is 8.27. The highest BCUT2D eigenvalue weighted by Crippen LogP contribution is 2.39. The van der Waals surface area contributed by atoms with Crippen LogP contribution >= 0.6 is 0 Å². The largest absolute Gasteiger partial charge is 0.421 e. The molecule has 0 atom stereocenters. The Bertz CT molecular complexity index is 1080. The molecule has 0 saturated carbocycles. The van der Waals surface area contributed by atoms with Crippen molar-refractivity contribution in [1.82, 2.24) is 9.88 Å². The number of anilines is 2. The number of aromatic nitrogens is 1. The standard InChI is InChI=1S/C21H19F4N3O/c1-4-28(3)20(29)14-11-26-19(13-8-5-7-12(2)17(13)14)27-16-10-6-9-15(22)18(16)21(23,24)25/h5-11H,4H2,1-3H3,(H,26,27). The smallest absolute Gasteiger partial charge is 0.342 e. The van der Waals surface area contributed by atoms with E-state index >= 15 is 0 Å². The molecule has 8 heteroatoms. The fourth-order valence-electron chi connectivity index (χ4n) is 3.14. The van der Waals surface area contributed by atoms with E-state index in [4.69, 9.17) is 0 Å². The van der Waals surface area contributed by atoms with Crippen LogP contribution in [0.5, 0.6) is 0 Å². The highest BCUT2D eigenvalue weighted by molar-refractivity contribution is 6.10. The van der Waals surface area contributed by atoms with Gasteiger partial charge in [-0.15, -0.1) is 0 Å². The predicted molar refractivity (Wildman–Crippen MR) is 104 cm³/mol. The van der Waals surface area contributed by atoms with Gasteiger partial charge < -0.3 is 10.2 Å². The zero-order valence-corrected chi connectivity index (χ0v) is 16.1. The van der Waals surface area contributed by atoms with Gasteiger partial charge in [0.2, 0.25) is 0 Å². The van der Waals surface area contributed by atoms with E-state index in [9.17, 15) is 22.4 Å². The second kappa shape index (κ2) is 7.69. The van der Waals surface area contributed by atoms with Gasteiger partial charge in [-0.3, -0.25) is 4.79 Å². The minimum absolute atomic E-state index is 0.107. The lowest BCUT2D eigenvalue weighted by molar-refractivity contribution is -0.139. The van der Waals surface area contributed by atoms with Gasteiger partial charge >= 0.3 is 6.18 Å². The summed E-state index contributed by atoms with van der Waals surface area (Å²) in [4.78, 5) is 18.4. The predicted octanol–water partition coefficient (Wildman–Crippen LogP) is 5.54. The van der Waals surface area contributed by atoms with Crippen molar-refractivity contribution in [1.29, 1.82) is 0 Å². The molecule has 0 unspecified atom stereocenters. The number of benzene rings is 2. The van der Waals surface area contributed by atoms with E-state index in [1.807, 2.05) is 6.92 Å². The molecule has 29 heavy (non-hydrogen) atoms. The van der Waals surface area contributed by atoms with Gasteiger partial charge in [0.15, 0.2) is 0 Å². The van der Waals surface area contributed by atoms with Crippen molar-refractivity contribution in [2.45, 2.75) is 20.0 Å². The molecule has 1 heterocycles. The molecule has 0 bridgehead atoms. The maximum Gasteiger partial charge on any atom is 0.421 e. The number of amides is 1. The normalized spacial score (nSPS) is 11.6. The molecule has 0 radical (unpaired) electrons. The number of halogens is 4. The van der Waals surface area contributed by atoms with E-state index < -0.39 is 23.2 Å². The molecular weight excluding hydrogens is 386 g/mol. The van der Waals surface area contributed by atoms with Crippen LogP contribution in [0.2, 0.25) is 0 Å². The van der Waals surface area contributed by atoms with Crippen LogP contribution in [0.25, 0.3) is 10.8 Å². The number of carbonyl (C=O) groups excluding carboxylic acids is 1. The molecule has 0 aliphatic carbocycles. The molecule has 3 aromatic rings. The van der Waals surface area contributed by atoms with Crippen molar-refractivity contribution in [3.05, 3.63) is 65.1 Å². The SMILES string of the molecule is CCN(C)C(=O)c1cnc(Nc2cccc(F)c2C(F)(F)F)c2cccc(C)c12. The molecule has 1 amide bonds. The average molecular weight is 405 g/mol. The summed E-state index contributed by atoms with van der Waals surface area (Å²) in [5, 5.41) is 3.66. The fourth-order valence-corrected chi connectivity index (χ4v) is 3.14. The molecule has 0 aliphatic rings. The summed E-state index contributed by atoms with van der Waals surface area (Å²) in [5.41, 5.74) is -0.717. The number of rotatable bonds is 4. The van der Waals surface area contributed by atoms with Gasteiger partial charge in [-0.2, -0.15) is 13.2 Å². The Kier molecular flexibility index (Phi) is 5.46. The van der Waals surface area contributed by atoms with E-state index in [0.29, 0.717) is 22.9 Å². The second-order valence-corrected chi connectivity index (χ2v) is 6.62. The summed E-state index contributed by atoms with van der Waals surface area (Å²) < 4.78 is 53.9. The minimum Gasteiger partial charge on any atom is -0.342 e. The molecule has 1 aromatic heterocycles. The molecule has 1 N–H and O–H groups in total. The highest BCUT2D eigenvalue weighted by atomic mass is 19.4. The van der Waals surface area contributed by atoms with Crippen LogP contribution in [0, 0.1) is 12.7 Å². The van der Waals surface area contributed by atoms with E-state index in [-0.39, 0.29) is 11.7 Å². The zero-order valence-electron chi connectivity index (χ0n) is 16.1. The van der Waals surface area contributed by atoms with Gasteiger partial charge in [0.25, 0.3) is 5.91 Å². The van der Waals surface area contributed by atoms with Crippen LogP contribution in [0.15, 0.2) is 42.6 Å². The zero-order chi connectivity index (χ0) is 21.3. The van der Waals surface area contributed by atoms with Gasteiger partial charge in [0, 0.05) is 30.6 Å². The first-order valence-electron chi connectivity index (χ1n) is 8.91. The lowest BCUT2D eigenvalue weighted by atomic mass is 10.0. The van der Waals surface area contributed by atoms with Crippen molar-refractivity contribution < 1.29 is 22.4 Å². The Balaban J connectivity index is 2.18. The van der Waals surface area contributed by atoms with Crippen molar-refractivity contribution in [2.24, 2.45) is 0 Å². The number of pyridine rings is 1. The van der Waals surface area contributed by atoms with Gasteiger partial charge in [-0.1, -0.05) is 24.3 Å². The Morgan fingerprint density at radius 3 is 2.52 bits per heavy atom. The van der Waals surface area contributed by atoms with E-state index in [1.54, 1.807) is 32.2 Å². The Labute approximate surface area is 165 Å². The van der Waals surface area contributed by atoms with Crippen molar-refractivity contribution in [2.75, 3.05) is 18.9 Å². The van der Waals surface area contributed by atoms with Crippen LogP contribution < -0.4 is 5.32 Å². The molecule has 0 fully saturated rings. The summed E-state index contributed by atoms with van der Waals surface area (Å²) in [6.07, 6.45) is -3.54. The third-order valence-corrected chi connectivity index (χ3v) is 4.72. The number of nitrogens with zero attached hydrogens (tertiary/aromatic N) is 2. The third kappa shape index (κ3) is 3.87. The lowest BCUT2D eigenvalue weighted by Gasteiger charge is -2.19. The van der Waals surface area contributed by atoms with Gasteiger partial charge in [-0.05, 0) is 31.5 Å². The van der Waals surface area contributed by atoms with Gasteiger partial charge in [-0.25, -0.2) is 9.37 Å². The molecule has 3 rings (SSSR count). The monoisotopic (exact) mass is 405 g/mol. The van der Waals surface area contributed by atoms with Crippen molar-refractivity contribution in [3.8, 4) is 0 Å². The van der Waals surface area contributed by atoms with Crippen molar-refractivity contribution >= 4 is 28.2 Å². The Morgan fingerprint density at radius 1 is 1.17 bits per heavy atom. The topological polar surface area (TPSA) is 45.2 Å². The van der Waals surface area contributed by atoms with Gasteiger partial charge in [0.1, 0.15) is 17.2 Å². The number of nitrogens with one attached hydrogen (secondary N) is 1. The molecule has 2 aromatic carbocycles. The maximum absolute atomic E-state index is 13.9. The number of carbonyl (C=O) groups is 1. The molecule has 4 nitrogen and oxygen atoms in total. The van der Waals surface area contributed by atoms with E-state index in [2.05, 4.69) is 10.3 Å². The molecular formula is C21H19F4N3O. The van der Waals surface area contributed by atoms with Crippen LogP contribution in [0.1, 0.15) is 28.4 Å². The molecule has 152 valence electrons. The van der Waals surface area contributed by atoms with E-state index in [0.717, 1.165) is 17.7 Å². The summed E-state index contributed by atoms with van der Waals surface area (Å²) in [5.74, 6) is -1.51. The first-order chi connectivity index (χ1) is 13.6. The number of hydrogen-bond acceptors (Lipinski definition) is 3. The second-order valence-electron chi connectivity index (χ2n) is 6.62. The van der Waals surface area contributed by atoms with Crippen LogP contribution in [0.3, 0.4) is 0 Å². The molecule has 0 saturated heterocycles. The quantitative estimate of drug-likeness (QED) is 0.580. The highest BCUT2D eigenvalue weighted by Gasteiger charge is 2.37. The van der Waals surface area contributed by atoms with E-state index in [1.165, 1.54) is 17.2 Å². The number of aryl methyl sites for hydroxylation is 1.